The lowest BCUT2D eigenvalue weighted by Gasteiger charge is -2.09. The van der Waals surface area contributed by atoms with Gasteiger partial charge in [0.05, 0.1) is 12.2 Å². The number of aromatic nitrogens is 1. The van der Waals surface area contributed by atoms with Gasteiger partial charge in [-0.25, -0.2) is 4.79 Å². The van der Waals surface area contributed by atoms with Crippen molar-refractivity contribution in [3.8, 4) is 5.75 Å². The topological polar surface area (TPSA) is 121 Å². The van der Waals surface area contributed by atoms with Crippen LogP contribution in [0.25, 0.3) is 0 Å². The molecule has 3 rings (SSSR count). The highest BCUT2D eigenvalue weighted by Crippen LogP contribution is 2.39. The van der Waals surface area contributed by atoms with E-state index in [4.69, 9.17) is 9.47 Å². The molecule has 0 aromatic carbocycles. The molecule has 10 heteroatoms. The summed E-state index contributed by atoms with van der Waals surface area (Å²) in [7, 11) is 0. The Labute approximate surface area is 164 Å². The van der Waals surface area contributed by atoms with Crippen molar-refractivity contribution < 1.29 is 24.0 Å². The third-order valence-corrected chi connectivity index (χ3v) is 5.37. The number of hydrogen-bond acceptors (Lipinski definition) is 8. The zero-order chi connectivity index (χ0) is 20.3. The van der Waals surface area contributed by atoms with E-state index in [2.05, 4.69) is 10.3 Å². The van der Waals surface area contributed by atoms with E-state index >= 15 is 0 Å². The first-order valence-corrected chi connectivity index (χ1v) is 9.58. The minimum Gasteiger partial charge on any atom is -0.476 e. The maximum Gasteiger partial charge on any atom is 0.406 e. The van der Waals surface area contributed by atoms with Gasteiger partial charge < -0.3 is 24.9 Å². The van der Waals surface area contributed by atoms with Crippen molar-refractivity contribution in [2.24, 2.45) is 0 Å². The Morgan fingerprint density at radius 3 is 2.86 bits per heavy atom. The summed E-state index contributed by atoms with van der Waals surface area (Å²) in [5.41, 5.74) is 1.80. The van der Waals surface area contributed by atoms with Gasteiger partial charge in [0.1, 0.15) is 10.7 Å². The predicted octanol–water partition coefficient (Wildman–Crippen LogP) is 3.04. The van der Waals surface area contributed by atoms with Crippen LogP contribution in [0.3, 0.4) is 0 Å². The fourth-order valence-electron chi connectivity index (χ4n) is 2.99. The van der Waals surface area contributed by atoms with Gasteiger partial charge in [-0.1, -0.05) is 0 Å². The molecule has 1 N–H and O–H groups in total. The molecule has 0 unspecified atom stereocenters. The highest BCUT2D eigenvalue weighted by atomic mass is 32.1. The van der Waals surface area contributed by atoms with Crippen molar-refractivity contribution in [3.05, 3.63) is 43.9 Å². The number of thiophene rings is 1. The number of anilines is 1. The smallest absolute Gasteiger partial charge is 0.406 e. The van der Waals surface area contributed by atoms with Gasteiger partial charge in [-0.15, -0.1) is 11.3 Å². The normalized spacial score (nSPS) is 12.4. The van der Waals surface area contributed by atoms with Gasteiger partial charge in [0.2, 0.25) is 5.75 Å². The van der Waals surface area contributed by atoms with E-state index in [-0.39, 0.29) is 12.4 Å². The Bertz CT molecular complexity index is 940. The zero-order valence-corrected chi connectivity index (χ0v) is 16.3. The van der Waals surface area contributed by atoms with Crippen LogP contribution in [0.4, 0.5) is 10.8 Å². The van der Waals surface area contributed by atoms with Gasteiger partial charge >= 0.3 is 11.8 Å². The minimum atomic E-state index is -0.664. The van der Waals surface area contributed by atoms with Crippen LogP contribution < -0.4 is 10.1 Å². The molecule has 1 aliphatic rings. The maximum atomic E-state index is 12.3. The number of rotatable bonds is 7. The van der Waals surface area contributed by atoms with Gasteiger partial charge in [-0.2, -0.15) is 0 Å². The van der Waals surface area contributed by atoms with Crippen molar-refractivity contribution in [3.63, 3.8) is 0 Å². The van der Waals surface area contributed by atoms with Crippen LogP contribution in [0.15, 0.2) is 12.1 Å². The molecule has 9 nitrogen and oxygen atoms in total. The lowest BCUT2D eigenvalue weighted by atomic mass is 10.1. The molecule has 0 saturated carbocycles. The van der Waals surface area contributed by atoms with Crippen LogP contribution in [0.5, 0.6) is 5.75 Å². The number of fused-ring (bicyclic) bond motifs is 1. The Hall–Kier alpha value is -3.01. The number of ether oxygens (including phenoxy) is 2. The lowest BCUT2D eigenvalue weighted by Crippen LogP contribution is -2.21. The van der Waals surface area contributed by atoms with E-state index < -0.39 is 29.2 Å². The Morgan fingerprint density at radius 1 is 1.36 bits per heavy atom. The van der Waals surface area contributed by atoms with Crippen LogP contribution in [-0.4, -0.2) is 35.0 Å². The molecule has 1 aliphatic carbocycles. The van der Waals surface area contributed by atoms with Gasteiger partial charge in [0.15, 0.2) is 6.61 Å². The summed E-state index contributed by atoms with van der Waals surface area (Å²) >= 11 is 1.35. The summed E-state index contributed by atoms with van der Waals surface area (Å²) in [6.07, 6.45) is 2.60. The average molecular weight is 405 g/mol. The molecule has 28 heavy (non-hydrogen) atoms. The number of carbonyl (C=O) groups excluding carboxylic acids is 2. The number of nitrogens with one attached hydrogen (secondary N) is 1. The third-order valence-electron chi connectivity index (χ3n) is 4.16. The zero-order valence-electron chi connectivity index (χ0n) is 15.4. The maximum absolute atomic E-state index is 12.3. The highest BCUT2D eigenvalue weighted by Gasteiger charge is 2.28. The number of hydrogen-bond donors (Lipinski definition) is 1. The molecule has 0 atom stereocenters. The molecular formula is C18H19N3O6S. The standard InChI is InChI=1S/C18H19N3O6S/c1-3-26-18(23)15-11-5-4-6-13(11)28-17(15)20-14(22)9-27-12-8-7-10(2)19-16(12)21(24)25/h7-8H,3-6,9H2,1-2H3,(H,20,22). The second kappa shape index (κ2) is 8.34. The summed E-state index contributed by atoms with van der Waals surface area (Å²) in [5.74, 6) is -1.53. The molecule has 1 amide bonds. The second-order valence-corrected chi connectivity index (χ2v) is 7.26. The van der Waals surface area contributed by atoms with Crippen molar-refractivity contribution >= 4 is 34.0 Å². The second-order valence-electron chi connectivity index (χ2n) is 6.15. The van der Waals surface area contributed by atoms with Crippen LogP contribution in [-0.2, 0) is 22.4 Å². The highest BCUT2D eigenvalue weighted by molar-refractivity contribution is 7.17. The molecule has 0 bridgehead atoms. The van der Waals surface area contributed by atoms with Crippen molar-refractivity contribution in [2.45, 2.75) is 33.1 Å². The molecule has 0 aliphatic heterocycles. The number of esters is 1. The summed E-state index contributed by atoms with van der Waals surface area (Å²) in [5, 5.41) is 14.2. The first-order chi connectivity index (χ1) is 13.4. The fourth-order valence-corrected chi connectivity index (χ4v) is 4.28. The summed E-state index contributed by atoms with van der Waals surface area (Å²) in [4.78, 5) is 39.9. The average Bonchev–Trinajstić information content (AvgIpc) is 3.21. The molecular weight excluding hydrogens is 386 g/mol. The van der Waals surface area contributed by atoms with Gasteiger partial charge in [0, 0.05) is 11.8 Å². The van der Waals surface area contributed by atoms with E-state index in [1.54, 1.807) is 19.9 Å². The number of carbonyl (C=O) groups is 2. The largest absolute Gasteiger partial charge is 0.476 e. The molecule has 0 spiro atoms. The first kappa shape index (κ1) is 19.7. The van der Waals surface area contributed by atoms with Crippen molar-refractivity contribution in [1.82, 2.24) is 4.98 Å². The minimum absolute atomic E-state index is 0.0926. The fraction of sp³-hybridized carbons (Fsp3) is 0.389. The molecule has 2 heterocycles. The molecule has 0 radical (unpaired) electrons. The Balaban J connectivity index is 1.73. The quantitative estimate of drug-likeness (QED) is 0.427. The van der Waals surface area contributed by atoms with Crippen LogP contribution in [0.2, 0.25) is 0 Å². The van der Waals surface area contributed by atoms with Gasteiger partial charge in [-0.3, -0.25) is 4.79 Å². The monoisotopic (exact) mass is 405 g/mol. The SMILES string of the molecule is CCOC(=O)c1c(NC(=O)COc2ccc(C)nc2[N+](=O)[O-])sc2c1CCC2. The number of aryl methyl sites for hydroxylation is 2. The number of nitrogens with zero attached hydrogens (tertiary/aromatic N) is 2. The van der Waals surface area contributed by atoms with E-state index in [1.165, 1.54) is 17.4 Å². The molecule has 148 valence electrons. The number of pyridine rings is 1. The third kappa shape index (κ3) is 4.11. The lowest BCUT2D eigenvalue weighted by molar-refractivity contribution is -0.390. The number of nitro groups is 1. The van der Waals surface area contributed by atoms with Gasteiger partial charge in [-0.05, 0) is 53.8 Å². The van der Waals surface area contributed by atoms with E-state index in [0.717, 1.165) is 29.7 Å². The molecule has 2 aromatic heterocycles. The summed E-state index contributed by atoms with van der Waals surface area (Å²) in [6, 6.07) is 2.96. The summed E-state index contributed by atoms with van der Waals surface area (Å²) < 4.78 is 10.4. The van der Waals surface area contributed by atoms with E-state index in [9.17, 15) is 19.7 Å². The van der Waals surface area contributed by atoms with E-state index in [0.29, 0.717) is 16.3 Å². The van der Waals surface area contributed by atoms with E-state index in [1.807, 2.05) is 0 Å². The number of amides is 1. The predicted molar refractivity (Wildman–Crippen MR) is 102 cm³/mol. The Kier molecular flexibility index (Phi) is 5.88. The van der Waals surface area contributed by atoms with Crippen LogP contribution in [0.1, 0.15) is 39.8 Å². The molecule has 0 fully saturated rings. The van der Waals surface area contributed by atoms with Crippen molar-refractivity contribution in [1.29, 1.82) is 0 Å². The van der Waals surface area contributed by atoms with Gasteiger partial charge in [0.25, 0.3) is 5.91 Å². The summed E-state index contributed by atoms with van der Waals surface area (Å²) in [6.45, 7) is 3.13. The molecule has 2 aromatic rings. The Morgan fingerprint density at radius 2 is 2.14 bits per heavy atom. The van der Waals surface area contributed by atoms with Crippen LogP contribution >= 0.6 is 11.3 Å². The van der Waals surface area contributed by atoms with Crippen LogP contribution in [0, 0.1) is 17.0 Å². The first-order valence-electron chi connectivity index (χ1n) is 8.77. The molecule has 0 saturated heterocycles. The van der Waals surface area contributed by atoms with Crippen molar-refractivity contribution in [2.75, 3.05) is 18.5 Å².